The van der Waals surface area contributed by atoms with E-state index in [0.29, 0.717) is 5.56 Å². The number of amides is 2. The Balaban J connectivity index is 1.84. The largest absolute Gasteiger partial charge is 0.344 e. The number of thiophene rings is 1. The van der Waals surface area contributed by atoms with Crippen LogP contribution in [0.25, 0.3) is 6.08 Å². The maximum absolute atomic E-state index is 13.1. The van der Waals surface area contributed by atoms with E-state index in [1.54, 1.807) is 30.3 Å². The molecule has 0 unspecified atom stereocenters. The topological polar surface area (TPSA) is 58.2 Å². The Morgan fingerprint density at radius 1 is 1.00 bits per heavy atom. The number of nitrogens with one attached hydrogen (secondary N) is 2. The van der Waals surface area contributed by atoms with E-state index in [9.17, 15) is 9.59 Å². The Labute approximate surface area is 175 Å². The molecule has 1 atom stereocenters. The minimum atomic E-state index is -0.313. The lowest BCUT2D eigenvalue weighted by Crippen LogP contribution is -2.36. The molecule has 0 aliphatic heterocycles. The van der Waals surface area contributed by atoms with Gasteiger partial charge < -0.3 is 10.6 Å². The van der Waals surface area contributed by atoms with Gasteiger partial charge in [-0.1, -0.05) is 55.5 Å². The van der Waals surface area contributed by atoms with Crippen molar-refractivity contribution in [3.63, 3.8) is 0 Å². The van der Waals surface area contributed by atoms with Gasteiger partial charge in [-0.25, -0.2) is 0 Å². The molecule has 0 radical (unpaired) electrons. The maximum Gasteiger partial charge on any atom is 0.268 e. The van der Waals surface area contributed by atoms with Crippen molar-refractivity contribution in [3.05, 3.63) is 99.4 Å². The minimum absolute atomic E-state index is 0.135. The van der Waals surface area contributed by atoms with Crippen molar-refractivity contribution in [3.8, 4) is 0 Å². The lowest BCUT2D eigenvalue weighted by Gasteiger charge is -2.20. The highest BCUT2D eigenvalue weighted by atomic mass is 32.1. The number of carbonyl (C=O) groups is 2. The van der Waals surface area contributed by atoms with Crippen molar-refractivity contribution in [2.45, 2.75) is 26.3 Å². The van der Waals surface area contributed by atoms with Crippen LogP contribution in [0.4, 0.5) is 0 Å². The Hall–Kier alpha value is -3.18. The zero-order valence-electron chi connectivity index (χ0n) is 16.5. The molecule has 3 aromatic rings. The van der Waals surface area contributed by atoms with Gasteiger partial charge in [-0.05, 0) is 54.1 Å². The minimum Gasteiger partial charge on any atom is -0.344 e. The summed E-state index contributed by atoms with van der Waals surface area (Å²) in [6, 6.07) is 20.6. The van der Waals surface area contributed by atoms with Crippen molar-refractivity contribution in [2.24, 2.45) is 0 Å². The van der Waals surface area contributed by atoms with Gasteiger partial charge in [0.15, 0.2) is 0 Å². The van der Waals surface area contributed by atoms with Gasteiger partial charge >= 0.3 is 0 Å². The first-order valence-corrected chi connectivity index (χ1v) is 10.4. The summed E-state index contributed by atoms with van der Waals surface area (Å²) in [7, 11) is 0. The van der Waals surface area contributed by atoms with Gasteiger partial charge in [0.05, 0.1) is 6.04 Å². The van der Waals surface area contributed by atoms with Crippen LogP contribution in [-0.4, -0.2) is 11.8 Å². The van der Waals surface area contributed by atoms with Gasteiger partial charge in [0.25, 0.3) is 11.8 Å². The summed E-state index contributed by atoms with van der Waals surface area (Å²) in [5, 5.41) is 7.79. The van der Waals surface area contributed by atoms with Crippen LogP contribution in [-0.2, 0) is 4.79 Å². The Morgan fingerprint density at radius 3 is 2.38 bits per heavy atom. The molecule has 2 amide bonds. The third kappa shape index (κ3) is 5.42. The molecule has 0 bridgehead atoms. The fourth-order valence-electron chi connectivity index (χ4n) is 3.07. The van der Waals surface area contributed by atoms with Crippen molar-refractivity contribution in [1.29, 1.82) is 0 Å². The molecule has 2 N–H and O–H groups in total. The fraction of sp³-hybridized carbons (Fsp3) is 0.167. The van der Waals surface area contributed by atoms with Crippen LogP contribution in [0.5, 0.6) is 0 Å². The van der Waals surface area contributed by atoms with Crippen molar-refractivity contribution < 1.29 is 9.59 Å². The molecule has 1 aromatic heterocycles. The lowest BCUT2D eigenvalue weighted by molar-refractivity contribution is -0.118. The standard InChI is InChI=1S/C24H24N2O2S/c1-3-21(20-14-8-7-10-17(20)2)25-24(28)22(16-19-13-9-15-29-19)26-23(27)18-11-5-4-6-12-18/h4-16,21H,3H2,1-2H3,(H,25,28)(H,26,27)/b22-16-/t21-/m1/s1. The lowest BCUT2D eigenvalue weighted by atomic mass is 9.99. The van der Waals surface area contributed by atoms with E-state index in [0.717, 1.165) is 22.4 Å². The third-order valence-electron chi connectivity index (χ3n) is 4.64. The second-order valence-electron chi connectivity index (χ2n) is 6.68. The summed E-state index contributed by atoms with van der Waals surface area (Å²) in [6.45, 7) is 4.06. The highest BCUT2D eigenvalue weighted by Gasteiger charge is 2.19. The van der Waals surface area contributed by atoms with Crippen LogP contribution in [0.15, 0.2) is 77.8 Å². The number of hydrogen-bond donors (Lipinski definition) is 2. The predicted octanol–water partition coefficient (Wildman–Crippen LogP) is 5.09. The van der Waals surface area contributed by atoms with Gasteiger partial charge in [0.1, 0.15) is 5.70 Å². The molecule has 0 aliphatic carbocycles. The second-order valence-corrected chi connectivity index (χ2v) is 7.66. The monoisotopic (exact) mass is 404 g/mol. The van der Waals surface area contributed by atoms with E-state index in [1.807, 2.05) is 61.7 Å². The van der Waals surface area contributed by atoms with Gasteiger partial charge in [0.2, 0.25) is 0 Å². The quantitative estimate of drug-likeness (QED) is 0.539. The van der Waals surface area contributed by atoms with Gasteiger partial charge in [-0.2, -0.15) is 0 Å². The summed E-state index contributed by atoms with van der Waals surface area (Å²) in [4.78, 5) is 26.6. The molecule has 4 nitrogen and oxygen atoms in total. The van der Waals surface area contributed by atoms with Crippen molar-refractivity contribution >= 4 is 29.2 Å². The first-order valence-electron chi connectivity index (χ1n) is 9.56. The first kappa shape index (κ1) is 20.6. The molecule has 0 fully saturated rings. The SMILES string of the molecule is CC[C@@H](NC(=O)/C(=C/c1cccs1)NC(=O)c1ccccc1)c1ccccc1C. The number of hydrogen-bond acceptors (Lipinski definition) is 3. The summed E-state index contributed by atoms with van der Waals surface area (Å²) in [5.41, 5.74) is 2.93. The molecule has 2 aromatic carbocycles. The molecular formula is C24H24N2O2S. The fourth-order valence-corrected chi connectivity index (χ4v) is 3.73. The number of carbonyl (C=O) groups excluding carboxylic acids is 2. The van der Waals surface area contributed by atoms with E-state index in [-0.39, 0.29) is 23.6 Å². The molecular weight excluding hydrogens is 380 g/mol. The molecule has 1 heterocycles. The predicted molar refractivity (Wildman–Crippen MR) is 119 cm³/mol. The normalized spacial score (nSPS) is 12.3. The third-order valence-corrected chi connectivity index (χ3v) is 5.46. The molecule has 0 saturated carbocycles. The molecule has 29 heavy (non-hydrogen) atoms. The Bertz CT molecular complexity index is 995. The highest BCUT2D eigenvalue weighted by molar-refractivity contribution is 7.10. The van der Waals surface area contributed by atoms with Crippen LogP contribution in [0.3, 0.4) is 0 Å². The number of aryl methyl sites for hydroxylation is 1. The van der Waals surface area contributed by atoms with E-state index in [1.165, 1.54) is 11.3 Å². The van der Waals surface area contributed by atoms with Crippen LogP contribution in [0.1, 0.15) is 45.7 Å². The van der Waals surface area contributed by atoms with Crippen LogP contribution >= 0.6 is 11.3 Å². The van der Waals surface area contributed by atoms with Gasteiger partial charge in [0, 0.05) is 10.4 Å². The highest BCUT2D eigenvalue weighted by Crippen LogP contribution is 2.21. The van der Waals surface area contributed by atoms with E-state index in [2.05, 4.69) is 10.6 Å². The molecule has 0 aliphatic rings. The Kier molecular flexibility index (Phi) is 6.98. The summed E-state index contributed by atoms with van der Waals surface area (Å²) in [6.07, 6.45) is 2.46. The van der Waals surface area contributed by atoms with Crippen LogP contribution in [0.2, 0.25) is 0 Å². The van der Waals surface area contributed by atoms with Crippen molar-refractivity contribution in [1.82, 2.24) is 10.6 Å². The van der Waals surface area contributed by atoms with E-state index >= 15 is 0 Å². The van der Waals surface area contributed by atoms with Gasteiger partial charge in [-0.3, -0.25) is 9.59 Å². The van der Waals surface area contributed by atoms with Crippen LogP contribution in [0, 0.1) is 6.92 Å². The van der Waals surface area contributed by atoms with Gasteiger partial charge in [-0.15, -0.1) is 11.3 Å². The summed E-state index contributed by atoms with van der Waals surface area (Å²) >= 11 is 1.51. The number of benzene rings is 2. The number of rotatable bonds is 7. The molecule has 148 valence electrons. The first-order chi connectivity index (χ1) is 14.1. The van der Waals surface area contributed by atoms with E-state index < -0.39 is 0 Å². The van der Waals surface area contributed by atoms with Crippen LogP contribution < -0.4 is 10.6 Å². The second kappa shape index (κ2) is 9.85. The maximum atomic E-state index is 13.1. The molecule has 0 saturated heterocycles. The average Bonchev–Trinajstić information content (AvgIpc) is 3.25. The summed E-state index contributed by atoms with van der Waals surface area (Å²) in [5.74, 6) is -0.620. The van der Waals surface area contributed by atoms with Crippen molar-refractivity contribution in [2.75, 3.05) is 0 Å². The zero-order chi connectivity index (χ0) is 20.6. The summed E-state index contributed by atoms with van der Waals surface area (Å²) < 4.78 is 0. The molecule has 3 rings (SSSR count). The average molecular weight is 405 g/mol. The zero-order valence-corrected chi connectivity index (χ0v) is 17.3. The Morgan fingerprint density at radius 2 is 1.72 bits per heavy atom. The molecule has 0 spiro atoms. The molecule has 5 heteroatoms. The van der Waals surface area contributed by atoms with E-state index in [4.69, 9.17) is 0 Å². The smallest absolute Gasteiger partial charge is 0.268 e.